The lowest BCUT2D eigenvalue weighted by Crippen LogP contribution is -2.36. The SMILES string of the molecule is CC1(C)c2cc(-c3cc(-c4ccccc4)cc(-c4ccccc4)c3)ccc2-n2c3ccc(C4=NC(c5ccccc5)N=C(c5ccccc5)N4)cc3c3cccc1c32. The highest BCUT2D eigenvalue weighted by Crippen LogP contribution is 2.49. The highest BCUT2D eigenvalue weighted by Gasteiger charge is 2.35. The van der Waals surface area contributed by atoms with Crippen LogP contribution in [0.3, 0.4) is 0 Å². The molecular formula is C54H40N4. The number of fused-ring (bicyclic) bond motifs is 5. The first-order chi connectivity index (χ1) is 28.5. The molecule has 2 aliphatic heterocycles. The average Bonchev–Trinajstić information content (AvgIpc) is 3.63. The van der Waals surface area contributed by atoms with E-state index in [-0.39, 0.29) is 11.6 Å². The molecule has 0 amide bonds. The van der Waals surface area contributed by atoms with Crippen molar-refractivity contribution in [2.75, 3.05) is 0 Å². The van der Waals surface area contributed by atoms with Crippen molar-refractivity contribution in [3.8, 4) is 39.1 Å². The molecule has 276 valence electrons. The number of amidine groups is 2. The molecule has 4 heteroatoms. The lowest BCUT2D eigenvalue weighted by molar-refractivity contribution is 0.630. The van der Waals surface area contributed by atoms with Crippen molar-refractivity contribution < 1.29 is 0 Å². The Balaban J connectivity index is 1.05. The fraction of sp³-hybridized carbons (Fsp3) is 0.0741. The van der Waals surface area contributed by atoms with Gasteiger partial charge in [-0.25, -0.2) is 9.98 Å². The number of para-hydroxylation sites is 1. The van der Waals surface area contributed by atoms with Gasteiger partial charge in [0.05, 0.1) is 16.7 Å². The van der Waals surface area contributed by atoms with E-state index in [9.17, 15) is 0 Å². The number of aromatic nitrogens is 1. The Kier molecular flexibility index (Phi) is 7.87. The van der Waals surface area contributed by atoms with Gasteiger partial charge in [-0.15, -0.1) is 0 Å². The summed E-state index contributed by atoms with van der Waals surface area (Å²) in [5.74, 6) is 1.63. The molecule has 0 radical (unpaired) electrons. The van der Waals surface area contributed by atoms with Crippen molar-refractivity contribution >= 4 is 33.5 Å². The molecule has 58 heavy (non-hydrogen) atoms. The van der Waals surface area contributed by atoms with Crippen LogP contribution in [-0.2, 0) is 5.41 Å². The van der Waals surface area contributed by atoms with Gasteiger partial charge in [0.25, 0.3) is 0 Å². The van der Waals surface area contributed by atoms with Crippen molar-refractivity contribution in [2.45, 2.75) is 25.4 Å². The van der Waals surface area contributed by atoms with Gasteiger partial charge in [0.2, 0.25) is 0 Å². The van der Waals surface area contributed by atoms with E-state index in [2.05, 4.69) is 206 Å². The third-order valence-electron chi connectivity index (χ3n) is 12.0. The molecule has 0 saturated carbocycles. The first kappa shape index (κ1) is 34.0. The number of benzene rings is 8. The summed E-state index contributed by atoms with van der Waals surface area (Å²) in [5.41, 5.74) is 16.4. The van der Waals surface area contributed by atoms with Crippen LogP contribution >= 0.6 is 0 Å². The van der Waals surface area contributed by atoms with Gasteiger partial charge in [-0.3, -0.25) is 0 Å². The molecule has 0 saturated heterocycles. The number of hydrogen-bond donors (Lipinski definition) is 1. The lowest BCUT2D eigenvalue weighted by Gasteiger charge is -2.35. The molecule has 0 aliphatic carbocycles. The van der Waals surface area contributed by atoms with E-state index in [0.717, 1.165) is 28.4 Å². The van der Waals surface area contributed by atoms with Gasteiger partial charge in [-0.2, -0.15) is 0 Å². The molecule has 3 heterocycles. The smallest absolute Gasteiger partial charge is 0.169 e. The molecule has 1 unspecified atom stereocenters. The van der Waals surface area contributed by atoms with Gasteiger partial charge in [-0.05, 0) is 98.6 Å². The normalized spacial score (nSPS) is 15.4. The number of rotatable bonds is 6. The summed E-state index contributed by atoms with van der Waals surface area (Å²) < 4.78 is 2.49. The largest absolute Gasteiger partial charge is 0.324 e. The van der Waals surface area contributed by atoms with Gasteiger partial charge in [-0.1, -0.05) is 159 Å². The monoisotopic (exact) mass is 744 g/mol. The van der Waals surface area contributed by atoms with Crippen molar-refractivity contribution in [3.63, 3.8) is 0 Å². The van der Waals surface area contributed by atoms with Crippen molar-refractivity contribution in [1.29, 1.82) is 0 Å². The van der Waals surface area contributed by atoms with E-state index in [4.69, 9.17) is 9.98 Å². The van der Waals surface area contributed by atoms with Gasteiger partial charge in [0.1, 0.15) is 11.7 Å². The van der Waals surface area contributed by atoms with Gasteiger partial charge >= 0.3 is 0 Å². The Hall–Kier alpha value is -7.30. The fourth-order valence-electron chi connectivity index (χ4n) is 9.03. The van der Waals surface area contributed by atoms with Crippen LogP contribution in [0.25, 0.3) is 60.9 Å². The third kappa shape index (κ3) is 5.60. The highest BCUT2D eigenvalue weighted by atomic mass is 15.2. The second kappa shape index (κ2) is 13.4. The Morgan fingerprint density at radius 2 is 0.983 bits per heavy atom. The number of hydrogen-bond acceptors (Lipinski definition) is 3. The second-order valence-electron chi connectivity index (χ2n) is 15.9. The zero-order valence-electron chi connectivity index (χ0n) is 32.4. The van der Waals surface area contributed by atoms with Crippen LogP contribution in [0.1, 0.15) is 47.8 Å². The molecule has 1 atom stereocenters. The van der Waals surface area contributed by atoms with Crippen LogP contribution in [0, 0.1) is 0 Å². The lowest BCUT2D eigenvalue weighted by atomic mass is 9.74. The van der Waals surface area contributed by atoms with Crippen LogP contribution in [0.2, 0.25) is 0 Å². The average molecular weight is 745 g/mol. The van der Waals surface area contributed by atoms with Crippen molar-refractivity contribution in [2.24, 2.45) is 9.98 Å². The first-order valence-corrected chi connectivity index (χ1v) is 20.0. The molecule has 0 spiro atoms. The van der Waals surface area contributed by atoms with Gasteiger partial charge in [0.15, 0.2) is 6.17 Å². The number of nitrogens with zero attached hydrogens (tertiary/aromatic N) is 3. The summed E-state index contributed by atoms with van der Waals surface area (Å²) in [5, 5.41) is 6.06. The molecule has 8 aromatic carbocycles. The molecule has 1 N–H and O–H groups in total. The zero-order valence-corrected chi connectivity index (χ0v) is 32.4. The Bertz CT molecular complexity index is 3030. The summed E-state index contributed by atoms with van der Waals surface area (Å²) in [4.78, 5) is 10.3. The molecule has 2 aliphatic rings. The van der Waals surface area contributed by atoms with E-state index < -0.39 is 0 Å². The topological polar surface area (TPSA) is 41.7 Å². The fourth-order valence-corrected chi connectivity index (χ4v) is 9.03. The Morgan fingerprint density at radius 3 is 1.62 bits per heavy atom. The Labute approximate surface area is 338 Å². The number of aliphatic imine (C=N–C) groups is 2. The van der Waals surface area contributed by atoms with E-state index in [1.54, 1.807) is 0 Å². The van der Waals surface area contributed by atoms with Crippen LogP contribution < -0.4 is 5.32 Å². The van der Waals surface area contributed by atoms with Crippen molar-refractivity contribution in [3.05, 3.63) is 222 Å². The molecule has 0 fully saturated rings. The van der Waals surface area contributed by atoms with E-state index in [0.29, 0.717) is 0 Å². The molecule has 4 nitrogen and oxygen atoms in total. The third-order valence-corrected chi connectivity index (χ3v) is 12.0. The molecule has 1 aromatic heterocycles. The zero-order chi connectivity index (χ0) is 38.8. The standard InChI is InChI=1S/C54H40N4/c1-54(2)46-25-15-24-44-45-33-40(53-56-51(37-20-11-5-12-21-37)55-52(57-53)38-22-13-6-14-23-38)27-28-48(45)58(50(44)46)49-29-26-39(34-47(49)54)43-31-41(35-16-7-3-8-17-35)30-42(32-43)36-18-9-4-10-19-36/h3-34,51H,1-2H3,(H,55,56,57). The Morgan fingerprint density at radius 1 is 0.431 bits per heavy atom. The predicted octanol–water partition coefficient (Wildman–Crippen LogP) is 12.9. The van der Waals surface area contributed by atoms with Gasteiger partial charge in [0, 0.05) is 27.3 Å². The van der Waals surface area contributed by atoms with Crippen molar-refractivity contribution in [1.82, 2.24) is 9.88 Å². The molecule has 11 rings (SSSR count). The maximum atomic E-state index is 5.20. The van der Waals surface area contributed by atoms with E-state index in [1.165, 1.54) is 72.0 Å². The van der Waals surface area contributed by atoms with Crippen LogP contribution in [-0.4, -0.2) is 16.2 Å². The minimum Gasteiger partial charge on any atom is -0.324 e. The summed E-state index contributed by atoms with van der Waals surface area (Å²) >= 11 is 0. The van der Waals surface area contributed by atoms with Crippen LogP contribution in [0.15, 0.2) is 204 Å². The predicted molar refractivity (Wildman–Crippen MR) is 241 cm³/mol. The minimum atomic E-state index is -0.350. The summed E-state index contributed by atoms with van der Waals surface area (Å²) in [6.07, 6.45) is -0.350. The summed E-state index contributed by atoms with van der Waals surface area (Å²) in [7, 11) is 0. The second-order valence-corrected chi connectivity index (χ2v) is 15.9. The molecule has 0 bridgehead atoms. The molecule has 9 aromatic rings. The molecular weight excluding hydrogens is 705 g/mol. The summed E-state index contributed by atoms with van der Waals surface area (Å²) in [6, 6.07) is 69.8. The maximum absolute atomic E-state index is 5.20. The number of nitrogens with one attached hydrogen (secondary N) is 1. The quantitative estimate of drug-likeness (QED) is 0.181. The van der Waals surface area contributed by atoms with Gasteiger partial charge < -0.3 is 9.88 Å². The van der Waals surface area contributed by atoms with Crippen LogP contribution in [0.5, 0.6) is 0 Å². The summed E-state index contributed by atoms with van der Waals surface area (Å²) in [6.45, 7) is 4.75. The maximum Gasteiger partial charge on any atom is 0.169 e. The highest BCUT2D eigenvalue weighted by molar-refractivity contribution is 6.19. The first-order valence-electron chi connectivity index (χ1n) is 20.0. The van der Waals surface area contributed by atoms with Crippen LogP contribution in [0.4, 0.5) is 0 Å². The van der Waals surface area contributed by atoms with E-state index >= 15 is 0 Å². The minimum absolute atomic E-state index is 0.240. The van der Waals surface area contributed by atoms with E-state index in [1.807, 2.05) is 12.1 Å².